The van der Waals surface area contributed by atoms with Crippen LogP contribution < -0.4 is 0 Å². The molecule has 0 saturated carbocycles. The van der Waals surface area contributed by atoms with Crippen LogP contribution in [0.25, 0.3) is 0 Å². The van der Waals surface area contributed by atoms with E-state index in [1.54, 1.807) is 6.07 Å². The molecule has 0 unspecified atom stereocenters. The molecule has 14 heavy (non-hydrogen) atoms. The summed E-state index contributed by atoms with van der Waals surface area (Å²) >= 11 is 0. The van der Waals surface area contributed by atoms with Gasteiger partial charge in [0, 0.05) is 0 Å². The predicted octanol–water partition coefficient (Wildman–Crippen LogP) is 0.622. The van der Waals surface area contributed by atoms with Gasteiger partial charge in [0.2, 0.25) is 0 Å². The molecule has 0 fully saturated rings. The summed E-state index contributed by atoms with van der Waals surface area (Å²) in [6.45, 7) is 0. The van der Waals surface area contributed by atoms with Crippen molar-refractivity contribution in [2.75, 3.05) is 7.11 Å². The summed E-state index contributed by atoms with van der Waals surface area (Å²) in [5.41, 5.74) is 0. The molecule has 5 heteroatoms. The van der Waals surface area contributed by atoms with Crippen molar-refractivity contribution in [3.05, 3.63) is 23.7 Å². The third kappa shape index (κ3) is 2.93. The number of hydrogen-bond donors (Lipinski definition) is 1. The molecule has 1 aromatic heterocycles. The first-order valence-corrected chi connectivity index (χ1v) is 3.98. The highest BCUT2D eigenvalue weighted by Gasteiger charge is 2.09. The van der Waals surface area contributed by atoms with Crippen LogP contribution in [0.2, 0.25) is 0 Å². The number of rotatable bonds is 4. The fourth-order valence-electron chi connectivity index (χ4n) is 0.976. The third-order valence-electron chi connectivity index (χ3n) is 1.59. The van der Waals surface area contributed by atoms with Gasteiger partial charge in [-0.1, -0.05) is 0 Å². The molecule has 0 spiro atoms. The number of carbonyl (C=O) groups excluding carboxylic acids is 1. The van der Waals surface area contributed by atoms with Gasteiger partial charge in [0.15, 0.2) is 0 Å². The monoisotopic (exact) mass is 198 g/mol. The van der Waals surface area contributed by atoms with Crippen LogP contribution in [0.15, 0.2) is 16.5 Å². The molecule has 1 N–H and O–H groups in total. The van der Waals surface area contributed by atoms with Crippen LogP contribution in [0.5, 0.6) is 0 Å². The number of furan rings is 1. The number of ether oxygens (including phenoxy) is 1. The smallest absolute Gasteiger partial charge is 0.313 e. The summed E-state index contributed by atoms with van der Waals surface area (Å²) in [5.74, 6) is -0.644. The van der Waals surface area contributed by atoms with Gasteiger partial charge in [-0.2, -0.15) is 0 Å². The highest BCUT2D eigenvalue weighted by atomic mass is 16.5. The van der Waals surface area contributed by atoms with Crippen molar-refractivity contribution in [3.8, 4) is 0 Å². The molecule has 0 radical (unpaired) electrons. The fraction of sp³-hybridized carbons (Fsp3) is 0.333. The molecular formula is C9H10O5. The lowest BCUT2D eigenvalue weighted by Gasteiger charge is -1.94. The van der Waals surface area contributed by atoms with Gasteiger partial charge in [0.25, 0.3) is 0 Å². The Morgan fingerprint density at radius 3 is 2.43 bits per heavy atom. The van der Waals surface area contributed by atoms with Crippen LogP contribution in [-0.4, -0.2) is 24.2 Å². The maximum atomic E-state index is 10.8. The summed E-state index contributed by atoms with van der Waals surface area (Å²) in [6, 6.07) is 3.10. The zero-order valence-electron chi connectivity index (χ0n) is 7.65. The lowest BCUT2D eigenvalue weighted by Crippen LogP contribution is -2.03. The maximum Gasteiger partial charge on any atom is 0.313 e. The predicted molar refractivity (Wildman–Crippen MR) is 45.8 cm³/mol. The van der Waals surface area contributed by atoms with Crippen LogP contribution >= 0.6 is 0 Å². The van der Waals surface area contributed by atoms with Gasteiger partial charge in [-0.3, -0.25) is 9.59 Å². The Kier molecular flexibility index (Phi) is 3.28. The van der Waals surface area contributed by atoms with E-state index in [1.807, 2.05) is 0 Å². The summed E-state index contributed by atoms with van der Waals surface area (Å²) < 4.78 is 9.51. The Labute approximate surface area is 80.3 Å². The van der Waals surface area contributed by atoms with E-state index in [-0.39, 0.29) is 12.8 Å². The van der Waals surface area contributed by atoms with Gasteiger partial charge >= 0.3 is 11.9 Å². The second kappa shape index (κ2) is 4.45. The number of hydrogen-bond acceptors (Lipinski definition) is 4. The summed E-state index contributed by atoms with van der Waals surface area (Å²) in [6.07, 6.45) is -0.155. The topological polar surface area (TPSA) is 76.7 Å². The molecule has 0 saturated heterocycles. The minimum atomic E-state index is -0.969. The van der Waals surface area contributed by atoms with Crippen LogP contribution in [-0.2, 0) is 27.2 Å². The van der Waals surface area contributed by atoms with Crippen LogP contribution in [0.1, 0.15) is 11.5 Å². The molecule has 1 rings (SSSR count). The molecule has 5 nitrogen and oxygen atoms in total. The van der Waals surface area contributed by atoms with Crippen molar-refractivity contribution in [2.24, 2.45) is 0 Å². The molecule has 0 aliphatic heterocycles. The Morgan fingerprint density at radius 2 is 1.93 bits per heavy atom. The van der Waals surface area contributed by atoms with E-state index in [0.29, 0.717) is 11.5 Å². The van der Waals surface area contributed by atoms with Crippen molar-refractivity contribution in [3.63, 3.8) is 0 Å². The Balaban J connectivity index is 2.59. The first-order chi connectivity index (χ1) is 6.61. The number of methoxy groups -OCH3 is 1. The number of carbonyl (C=O) groups is 2. The van der Waals surface area contributed by atoms with E-state index < -0.39 is 11.9 Å². The van der Waals surface area contributed by atoms with Crippen LogP contribution in [0.4, 0.5) is 0 Å². The lowest BCUT2D eigenvalue weighted by molar-refractivity contribution is -0.140. The second-order valence-corrected chi connectivity index (χ2v) is 2.69. The van der Waals surface area contributed by atoms with Crippen LogP contribution in [0.3, 0.4) is 0 Å². The van der Waals surface area contributed by atoms with Gasteiger partial charge in [-0.15, -0.1) is 0 Å². The van der Waals surface area contributed by atoms with E-state index >= 15 is 0 Å². The standard InChI is InChI=1S/C9H10O5/c1-13-9(12)5-7-3-2-6(14-7)4-8(10)11/h2-3H,4-5H2,1H3,(H,10,11). The molecule has 0 aromatic carbocycles. The van der Waals surface area contributed by atoms with E-state index in [4.69, 9.17) is 9.52 Å². The van der Waals surface area contributed by atoms with E-state index in [2.05, 4.69) is 4.74 Å². The molecule has 76 valence electrons. The van der Waals surface area contributed by atoms with E-state index in [0.717, 1.165) is 0 Å². The minimum absolute atomic E-state index is 0.0239. The van der Waals surface area contributed by atoms with Gasteiger partial charge in [0.1, 0.15) is 24.4 Å². The zero-order valence-corrected chi connectivity index (χ0v) is 7.65. The molecule has 1 aromatic rings. The summed E-state index contributed by atoms with van der Waals surface area (Å²) in [5, 5.41) is 8.45. The van der Waals surface area contributed by atoms with Gasteiger partial charge in [-0.25, -0.2) is 0 Å². The molecular weight excluding hydrogens is 188 g/mol. The van der Waals surface area contributed by atoms with Gasteiger partial charge < -0.3 is 14.3 Å². The largest absolute Gasteiger partial charge is 0.481 e. The number of esters is 1. The minimum Gasteiger partial charge on any atom is -0.481 e. The maximum absolute atomic E-state index is 10.8. The zero-order chi connectivity index (χ0) is 10.6. The van der Waals surface area contributed by atoms with Crippen molar-refractivity contribution in [2.45, 2.75) is 12.8 Å². The number of carboxylic acid groups (broad SMARTS) is 1. The van der Waals surface area contributed by atoms with Crippen molar-refractivity contribution >= 4 is 11.9 Å². The van der Waals surface area contributed by atoms with Crippen molar-refractivity contribution < 1.29 is 23.8 Å². The molecule has 0 bridgehead atoms. The summed E-state index contributed by atoms with van der Waals surface area (Å²) in [4.78, 5) is 21.1. The quantitative estimate of drug-likeness (QED) is 0.717. The van der Waals surface area contributed by atoms with Gasteiger partial charge in [0.05, 0.1) is 7.11 Å². The van der Waals surface area contributed by atoms with Crippen molar-refractivity contribution in [1.29, 1.82) is 0 Å². The van der Waals surface area contributed by atoms with Crippen LogP contribution in [0, 0.1) is 0 Å². The SMILES string of the molecule is COC(=O)Cc1ccc(CC(=O)O)o1. The first kappa shape index (κ1) is 10.3. The Morgan fingerprint density at radius 1 is 1.36 bits per heavy atom. The highest BCUT2D eigenvalue weighted by Crippen LogP contribution is 2.09. The van der Waals surface area contributed by atoms with Gasteiger partial charge in [-0.05, 0) is 12.1 Å². The average molecular weight is 198 g/mol. The molecule has 0 atom stereocenters. The fourth-order valence-corrected chi connectivity index (χ4v) is 0.976. The molecule has 0 aliphatic rings. The normalized spacial score (nSPS) is 9.79. The molecule has 0 amide bonds. The second-order valence-electron chi connectivity index (χ2n) is 2.69. The Bertz CT molecular complexity index is 339. The third-order valence-corrected chi connectivity index (χ3v) is 1.59. The first-order valence-electron chi connectivity index (χ1n) is 3.98. The number of aliphatic carboxylic acids is 1. The molecule has 0 aliphatic carbocycles. The van der Waals surface area contributed by atoms with Crippen molar-refractivity contribution in [1.82, 2.24) is 0 Å². The lowest BCUT2D eigenvalue weighted by atomic mass is 10.3. The highest BCUT2D eigenvalue weighted by molar-refractivity contribution is 5.72. The van der Waals surface area contributed by atoms with E-state index in [9.17, 15) is 9.59 Å². The average Bonchev–Trinajstić information content (AvgIpc) is 2.51. The number of carboxylic acids is 1. The summed E-state index contributed by atoms with van der Waals surface area (Å²) in [7, 11) is 1.28. The molecule has 1 heterocycles. The van der Waals surface area contributed by atoms with E-state index in [1.165, 1.54) is 13.2 Å². The Hall–Kier alpha value is -1.78.